The zero-order chi connectivity index (χ0) is 8.48. The molecule has 0 radical (unpaired) electrons. The van der Waals surface area contributed by atoms with Crippen molar-refractivity contribution in [3.8, 4) is 0 Å². The minimum Gasteiger partial charge on any atom is -0.359 e. The molecule has 0 saturated carbocycles. The first-order valence-electron chi connectivity index (χ1n) is 3.30. The minimum atomic E-state index is -4.24. The highest BCUT2D eigenvalue weighted by Crippen LogP contribution is 2.24. The van der Waals surface area contributed by atoms with Crippen molar-refractivity contribution in [1.82, 2.24) is 9.80 Å². The van der Waals surface area contributed by atoms with E-state index in [2.05, 4.69) is 0 Å². The van der Waals surface area contributed by atoms with Gasteiger partial charge in [-0.3, -0.25) is 4.90 Å². The van der Waals surface area contributed by atoms with Crippen LogP contribution in [0.4, 0.5) is 13.2 Å². The molecule has 0 aliphatic carbocycles. The molecule has 0 saturated heterocycles. The van der Waals surface area contributed by atoms with Crippen LogP contribution in [0, 0.1) is 0 Å². The highest BCUT2D eigenvalue weighted by atomic mass is 19.4. The summed E-state index contributed by atoms with van der Waals surface area (Å²) in [6, 6.07) is 0. The van der Waals surface area contributed by atoms with E-state index in [0.29, 0.717) is 11.4 Å². The Morgan fingerprint density at radius 3 is 2.27 bits per heavy atom. The molecule has 11 heavy (non-hydrogen) atoms. The maximum atomic E-state index is 11.9. The molecule has 0 unspecified atom stereocenters. The van der Waals surface area contributed by atoms with Gasteiger partial charge in [0.1, 0.15) is 0 Å². The predicted molar refractivity (Wildman–Crippen MR) is 34.3 cm³/mol. The van der Waals surface area contributed by atoms with E-state index in [1.54, 1.807) is 4.90 Å². The summed E-state index contributed by atoms with van der Waals surface area (Å²) in [5, 5.41) is 0. The summed E-state index contributed by atoms with van der Waals surface area (Å²) in [4.78, 5) is 1.92. The number of halogens is 3. The van der Waals surface area contributed by atoms with Gasteiger partial charge in [0, 0.05) is 18.9 Å². The Morgan fingerprint density at radius 2 is 2.00 bits per heavy atom. The Bertz CT molecular complexity index is 164. The second-order valence-electron chi connectivity index (χ2n) is 2.28. The first-order valence-corrected chi connectivity index (χ1v) is 3.30. The molecule has 64 valence electrons. The molecule has 0 aromatic rings. The average molecular weight is 166 g/mol. The van der Waals surface area contributed by atoms with Crippen LogP contribution < -0.4 is 0 Å². The van der Waals surface area contributed by atoms with Crippen LogP contribution in [0.2, 0.25) is 0 Å². The Labute approximate surface area is 62.9 Å². The normalized spacial score (nSPS) is 18.2. The number of rotatable bonds is 1. The molecular formula is C6H9F3N2. The molecule has 0 fully saturated rings. The fraction of sp³-hybridized carbons (Fsp3) is 0.667. The molecule has 1 heterocycles. The average Bonchev–Trinajstić information content (AvgIpc) is 2.32. The molecule has 0 atom stereocenters. The van der Waals surface area contributed by atoms with Gasteiger partial charge >= 0.3 is 6.30 Å². The topological polar surface area (TPSA) is 6.48 Å². The van der Waals surface area contributed by atoms with Crippen molar-refractivity contribution < 1.29 is 13.2 Å². The quantitative estimate of drug-likeness (QED) is 0.545. The molecule has 1 aliphatic rings. The Kier molecular flexibility index (Phi) is 1.97. The summed E-state index contributed by atoms with van der Waals surface area (Å²) >= 11 is 0. The van der Waals surface area contributed by atoms with Gasteiger partial charge in [0.2, 0.25) is 0 Å². The number of hydrogen-bond acceptors (Lipinski definition) is 2. The zero-order valence-corrected chi connectivity index (χ0v) is 6.10. The summed E-state index contributed by atoms with van der Waals surface area (Å²) in [6.07, 6.45) is -1.75. The van der Waals surface area contributed by atoms with Gasteiger partial charge in [-0.25, -0.2) is 0 Å². The second kappa shape index (κ2) is 2.64. The first kappa shape index (κ1) is 8.23. The van der Waals surface area contributed by atoms with E-state index in [1.165, 1.54) is 6.20 Å². The third-order valence-electron chi connectivity index (χ3n) is 1.52. The lowest BCUT2D eigenvalue weighted by atomic mass is 10.6. The van der Waals surface area contributed by atoms with Crippen LogP contribution in [0.1, 0.15) is 6.92 Å². The molecule has 0 bridgehead atoms. The maximum absolute atomic E-state index is 11.9. The SMILES string of the molecule is CCN1C=CN(C(F)(F)F)C1. The largest absolute Gasteiger partial charge is 0.485 e. The van der Waals surface area contributed by atoms with Crippen LogP contribution in [-0.4, -0.2) is 29.3 Å². The van der Waals surface area contributed by atoms with E-state index < -0.39 is 6.30 Å². The van der Waals surface area contributed by atoms with Crippen molar-refractivity contribution in [2.75, 3.05) is 13.2 Å². The third kappa shape index (κ3) is 1.78. The molecule has 0 aromatic heterocycles. The van der Waals surface area contributed by atoms with Crippen molar-refractivity contribution in [2.45, 2.75) is 13.2 Å². The molecule has 0 N–H and O–H groups in total. The fourth-order valence-electron chi connectivity index (χ4n) is 0.835. The monoisotopic (exact) mass is 166 g/mol. The Morgan fingerprint density at radius 1 is 1.36 bits per heavy atom. The van der Waals surface area contributed by atoms with Gasteiger partial charge in [-0.05, 0) is 6.92 Å². The lowest BCUT2D eigenvalue weighted by Gasteiger charge is -2.21. The van der Waals surface area contributed by atoms with Gasteiger partial charge in [0.05, 0.1) is 6.67 Å². The Hall–Kier alpha value is -0.870. The molecule has 5 heteroatoms. The third-order valence-corrected chi connectivity index (χ3v) is 1.52. The van der Waals surface area contributed by atoms with Gasteiger partial charge in [-0.1, -0.05) is 0 Å². The fourth-order valence-corrected chi connectivity index (χ4v) is 0.835. The van der Waals surface area contributed by atoms with Crippen LogP contribution in [0.3, 0.4) is 0 Å². The molecule has 0 amide bonds. The zero-order valence-electron chi connectivity index (χ0n) is 6.10. The molecule has 1 rings (SSSR count). The highest BCUT2D eigenvalue weighted by Gasteiger charge is 2.37. The van der Waals surface area contributed by atoms with Gasteiger partial charge in [-0.2, -0.15) is 13.2 Å². The van der Waals surface area contributed by atoms with E-state index in [0.717, 1.165) is 6.20 Å². The highest BCUT2D eigenvalue weighted by molar-refractivity contribution is 4.90. The van der Waals surface area contributed by atoms with Crippen LogP contribution in [0.25, 0.3) is 0 Å². The van der Waals surface area contributed by atoms with Gasteiger partial charge in [0.25, 0.3) is 0 Å². The number of nitrogens with zero attached hydrogens (tertiary/aromatic N) is 2. The number of hydrogen-bond donors (Lipinski definition) is 0. The lowest BCUT2D eigenvalue weighted by molar-refractivity contribution is -0.230. The van der Waals surface area contributed by atoms with E-state index in [-0.39, 0.29) is 6.67 Å². The molecule has 2 nitrogen and oxygen atoms in total. The lowest BCUT2D eigenvalue weighted by Crippen LogP contribution is -2.35. The summed E-state index contributed by atoms with van der Waals surface area (Å²) < 4.78 is 35.8. The van der Waals surface area contributed by atoms with E-state index in [4.69, 9.17) is 0 Å². The predicted octanol–water partition coefficient (Wildman–Crippen LogP) is 1.57. The van der Waals surface area contributed by atoms with Crippen molar-refractivity contribution in [2.24, 2.45) is 0 Å². The number of alkyl halides is 3. The van der Waals surface area contributed by atoms with E-state index >= 15 is 0 Å². The molecule has 0 aromatic carbocycles. The minimum absolute atomic E-state index is 0.0833. The summed E-state index contributed by atoms with van der Waals surface area (Å²) in [5.41, 5.74) is 0. The van der Waals surface area contributed by atoms with Crippen LogP contribution in [0.15, 0.2) is 12.4 Å². The van der Waals surface area contributed by atoms with Crippen LogP contribution >= 0.6 is 0 Å². The summed E-state index contributed by atoms with van der Waals surface area (Å²) in [6.45, 7) is 2.33. The molecule has 1 aliphatic heterocycles. The Balaban J connectivity index is 2.50. The van der Waals surface area contributed by atoms with Crippen LogP contribution in [0.5, 0.6) is 0 Å². The van der Waals surface area contributed by atoms with Crippen molar-refractivity contribution >= 4 is 0 Å². The second-order valence-corrected chi connectivity index (χ2v) is 2.28. The molecule has 0 spiro atoms. The van der Waals surface area contributed by atoms with Gasteiger partial charge in [-0.15, -0.1) is 0 Å². The van der Waals surface area contributed by atoms with Crippen LogP contribution in [-0.2, 0) is 0 Å². The van der Waals surface area contributed by atoms with Crippen molar-refractivity contribution in [3.05, 3.63) is 12.4 Å². The summed E-state index contributed by atoms with van der Waals surface area (Å²) in [7, 11) is 0. The van der Waals surface area contributed by atoms with Crippen molar-refractivity contribution in [1.29, 1.82) is 0 Å². The smallest absolute Gasteiger partial charge is 0.359 e. The molecular weight excluding hydrogens is 157 g/mol. The van der Waals surface area contributed by atoms with Gasteiger partial charge < -0.3 is 4.90 Å². The standard InChI is InChI=1S/C6H9F3N2/c1-2-10-3-4-11(5-10)6(7,8)9/h3-4H,2,5H2,1H3. The van der Waals surface area contributed by atoms with E-state index in [1.807, 2.05) is 6.92 Å². The maximum Gasteiger partial charge on any atom is 0.485 e. The first-order chi connectivity index (χ1) is 5.04. The van der Waals surface area contributed by atoms with Crippen molar-refractivity contribution in [3.63, 3.8) is 0 Å². The summed E-state index contributed by atoms with van der Waals surface area (Å²) in [5.74, 6) is 0. The van der Waals surface area contributed by atoms with Gasteiger partial charge in [0.15, 0.2) is 0 Å². The van der Waals surface area contributed by atoms with E-state index in [9.17, 15) is 13.2 Å².